The van der Waals surface area contributed by atoms with Gasteiger partial charge >= 0.3 is 0 Å². The Morgan fingerprint density at radius 1 is 0.812 bits per heavy atom. The van der Waals surface area contributed by atoms with Crippen molar-refractivity contribution in [2.45, 2.75) is 154 Å². The molecule has 5 heteroatoms. The summed E-state index contributed by atoms with van der Waals surface area (Å²) in [5.41, 5.74) is 1.27. The molecule has 0 unspecified atom stereocenters. The van der Waals surface area contributed by atoms with E-state index in [-0.39, 0.29) is 23.8 Å². The largest absolute Gasteiger partial charge is 0.409 e. The number of hydrogen-bond donors (Lipinski definition) is 1. The van der Waals surface area contributed by atoms with Crippen molar-refractivity contribution in [3.05, 3.63) is 0 Å². The van der Waals surface area contributed by atoms with Crippen LogP contribution in [0.15, 0.2) is 0 Å². The fourth-order valence-corrected chi connectivity index (χ4v) is 13.4. The van der Waals surface area contributed by atoms with Crippen LogP contribution in [0.4, 0.5) is 0 Å². The van der Waals surface area contributed by atoms with Gasteiger partial charge in [-0.15, -0.1) is 0 Å². The second-order valence-corrected chi connectivity index (χ2v) is 17.5. The molecule has 4 nitrogen and oxygen atoms in total. The summed E-state index contributed by atoms with van der Waals surface area (Å²) < 4.78 is 14.2. The van der Waals surface area contributed by atoms with Crippen LogP contribution in [0, 0.1) is 11.8 Å². The Morgan fingerprint density at radius 2 is 1.25 bits per heavy atom. The summed E-state index contributed by atoms with van der Waals surface area (Å²) in [5.74, 6) is 1.21. The first-order chi connectivity index (χ1) is 15.1. The zero-order valence-electron chi connectivity index (χ0n) is 22.0. The van der Waals surface area contributed by atoms with Crippen molar-refractivity contribution in [2.75, 3.05) is 0 Å². The predicted molar refractivity (Wildman–Crippen MR) is 135 cm³/mol. The van der Waals surface area contributed by atoms with Gasteiger partial charge in [-0.05, 0) is 61.1 Å². The van der Waals surface area contributed by atoms with E-state index in [4.69, 9.17) is 9.16 Å². The number of rotatable bonds is 8. The Labute approximate surface area is 199 Å². The normalized spacial score (nSPS) is 27.2. The summed E-state index contributed by atoms with van der Waals surface area (Å²) in [5, 5.41) is 3.22. The molecule has 0 bridgehead atoms. The molecule has 3 aliphatic rings. The average Bonchev–Trinajstić information content (AvgIpc) is 2.77. The van der Waals surface area contributed by atoms with Gasteiger partial charge in [-0.2, -0.15) is 0 Å². The summed E-state index contributed by atoms with van der Waals surface area (Å²) in [7, 11) is -2.05. The summed E-state index contributed by atoms with van der Waals surface area (Å²) in [6.07, 6.45) is 12.8. The van der Waals surface area contributed by atoms with Crippen LogP contribution in [0.2, 0.25) is 16.6 Å². The van der Waals surface area contributed by atoms with Gasteiger partial charge in [0.25, 0.3) is 0 Å². The number of nitrogens with one attached hydrogen (secondary N) is 1. The summed E-state index contributed by atoms with van der Waals surface area (Å²) in [6.45, 7) is 16.1. The standard InChI is InChI=1S/C27H51NO3Si/c1-19(2)32(20(3)4,21(5)6)31-22(7)26-28-25(29)18-27(30-26,23-14-10-8-11-15-23)24-16-12-9-13-17-24/h19-24,26H,8-18H2,1-7H3,(H,28,29)/t22-,26-/m1/s1. The minimum Gasteiger partial charge on any atom is -0.409 e. The van der Waals surface area contributed by atoms with E-state index in [0.717, 1.165) is 0 Å². The van der Waals surface area contributed by atoms with Crippen LogP contribution in [-0.4, -0.2) is 32.2 Å². The molecule has 3 fully saturated rings. The van der Waals surface area contributed by atoms with Crippen LogP contribution in [0.1, 0.15) is 119 Å². The molecule has 2 saturated carbocycles. The van der Waals surface area contributed by atoms with E-state index in [1.165, 1.54) is 64.2 Å². The molecule has 0 aromatic carbocycles. The molecule has 0 radical (unpaired) electrons. The minimum atomic E-state index is -2.05. The van der Waals surface area contributed by atoms with Gasteiger partial charge in [-0.3, -0.25) is 4.79 Å². The molecule has 32 heavy (non-hydrogen) atoms. The third-order valence-electron chi connectivity index (χ3n) is 9.20. The molecule has 2 aliphatic carbocycles. The summed E-state index contributed by atoms with van der Waals surface area (Å²) >= 11 is 0. The monoisotopic (exact) mass is 465 g/mol. The predicted octanol–water partition coefficient (Wildman–Crippen LogP) is 7.33. The van der Waals surface area contributed by atoms with Crippen molar-refractivity contribution in [2.24, 2.45) is 11.8 Å². The van der Waals surface area contributed by atoms with Gasteiger partial charge in [-0.25, -0.2) is 0 Å². The molecular weight excluding hydrogens is 414 g/mol. The van der Waals surface area contributed by atoms with Crippen LogP contribution >= 0.6 is 0 Å². The lowest BCUT2D eigenvalue weighted by molar-refractivity contribution is -0.224. The molecule has 1 saturated heterocycles. The molecule has 1 aliphatic heterocycles. The number of carbonyl (C=O) groups is 1. The lowest BCUT2D eigenvalue weighted by Crippen LogP contribution is -2.64. The van der Waals surface area contributed by atoms with Gasteiger partial charge in [0.15, 0.2) is 6.23 Å². The molecule has 3 rings (SSSR count). The third kappa shape index (κ3) is 5.15. The van der Waals surface area contributed by atoms with Gasteiger partial charge in [0.05, 0.1) is 18.1 Å². The van der Waals surface area contributed by atoms with Crippen molar-refractivity contribution < 1.29 is 14.0 Å². The molecule has 1 amide bonds. The van der Waals surface area contributed by atoms with E-state index >= 15 is 0 Å². The maximum atomic E-state index is 13.2. The number of amides is 1. The van der Waals surface area contributed by atoms with Crippen molar-refractivity contribution in [1.82, 2.24) is 5.32 Å². The highest BCUT2D eigenvalue weighted by Gasteiger charge is 2.54. The van der Waals surface area contributed by atoms with Gasteiger partial charge in [0.2, 0.25) is 14.2 Å². The summed E-state index contributed by atoms with van der Waals surface area (Å²) in [6, 6.07) is 0. The van der Waals surface area contributed by atoms with Crippen LogP contribution in [0.5, 0.6) is 0 Å². The average molecular weight is 466 g/mol. The summed E-state index contributed by atoms with van der Waals surface area (Å²) in [4.78, 5) is 13.2. The van der Waals surface area contributed by atoms with Crippen LogP contribution in [0.3, 0.4) is 0 Å². The molecule has 186 valence electrons. The number of hydrogen-bond acceptors (Lipinski definition) is 3. The lowest BCUT2D eigenvalue weighted by atomic mass is 9.64. The number of carbonyl (C=O) groups excluding carboxylic acids is 1. The maximum absolute atomic E-state index is 13.2. The SMILES string of the molecule is CC(C)[Si](O[C@H](C)[C@@H]1NC(=O)CC(C2CCCCC2)(C2CCCCC2)O1)(C(C)C)C(C)C. The first-order valence-electron chi connectivity index (χ1n) is 13.8. The lowest BCUT2D eigenvalue weighted by Gasteiger charge is -2.54. The smallest absolute Gasteiger partial charge is 0.224 e. The van der Waals surface area contributed by atoms with E-state index in [1.807, 2.05) is 0 Å². The van der Waals surface area contributed by atoms with E-state index in [1.54, 1.807) is 0 Å². The molecule has 0 spiro atoms. The van der Waals surface area contributed by atoms with Crippen molar-refractivity contribution in [1.29, 1.82) is 0 Å². The van der Waals surface area contributed by atoms with Crippen LogP contribution in [0.25, 0.3) is 0 Å². The van der Waals surface area contributed by atoms with Crippen molar-refractivity contribution in [3.8, 4) is 0 Å². The van der Waals surface area contributed by atoms with E-state index in [0.29, 0.717) is 34.9 Å². The quantitative estimate of drug-likeness (QED) is 0.382. The zero-order chi connectivity index (χ0) is 23.5. The topological polar surface area (TPSA) is 47.6 Å². The molecular formula is C27H51NO3Si. The molecule has 0 aromatic heterocycles. The van der Waals surface area contributed by atoms with Crippen molar-refractivity contribution >= 4 is 14.2 Å². The highest BCUT2D eigenvalue weighted by Crippen LogP contribution is 2.50. The van der Waals surface area contributed by atoms with Gasteiger partial charge in [-0.1, -0.05) is 80.1 Å². The Hall–Kier alpha value is -0.393. The van der Waals surface area contributed by atoms with E-state index in [2.05, 4.69) is 53.8 Å². The van der Waals surface area contributed by atoms with E-state index < -0.39 is 8.32 Å². The molecule has 1 heterocycles. The maximum Gasteiger partial charge on any atom is 0.224 e. The highest BCUT2D eigenvalue weighted by atomic mass is 28.4. The fourth-order valence-electron chi connectivity index (χ4n) is 7.77. The first kappa shape index (κ1) is 26.2. The molecule has 2 atom stereocenters. The Bertz CT molecular complexity index is 568. The van der Waals surface area contributed by atoms with Gasteiger partial charge in [0.1, 0.15) is 0 Å². The highest BCUT2D eigenvalue weighted by molar-refractivity contribution is 6.77. The molecule has 1 N–H and O–H groups in total. The van der Waals surface area contributed by atoms with Crippen molar-refractivity contribution in [3.63, 3.8) is 0 Å². The Morgan fingerprint density at radius 3 is 1.66 bits per heavy atom. The van der Waals surface area contributed by atoms with Crippen LogP contribution in [-0.2, 0) is 14.0 Å². The molecule has 0 aromatic rings. The first-order valence-corrected chi connectivity index (χ1v) is 15.9. The second kappa shape index (κ2) is 10.9. The van der Waals surface area contributed by atoms with E-state index in [9.17, 15) is 4.79 Å². The van der Waals surface area contributed by atoms with Gasteiger partial charge in [0, 0.05) is 0 Å². The minimum absolute atomic E-state index is 0.121. The Kier molecular flexibility index (Phi) is 8.93. The zero-order valence-corrected chi connectivity index (χ0v) is 23.0. The van der Waals surface area contributed by atoms with Crippen LogP contribution < -0.4 is 5.32 Å². The second-order valence-electron chi connectivity index (χ2n) is 12.0. The Balaban J connectivity index is 1.88. The van der Waals surface area contributed by atoms with Gasteiger partial charge < -0.3 is 14.5 Å². The fraction of sp³-hybridized carbons (Fsp3) is 0.963. The third-order valence-corrected chi connectivity index (χ3v) is 15.4. The number of ether oxygens (including phenoxy) is 1.